The Morgan fingerprint density at radius 2 is 1.81 bits per heavy atom. The van der Waals surface area contributed by atoms with Gasteiger partial charge in [-0.05, 0) is 62.1 Å². The van der Waals surface area contributed by atoms with E-state index in [1.54, 1.807) is 0 Å². The van der Waals surface area contributed by atoms with Crippen molar-refractivity contribution in [2.45, 2.75) is 46.1 Å². The summed E-state index contributed by atoms with van der Waals surface area (Å²) in [4.78, 5) is 7.44. The van der Waals surface area contributed by atoms with E-state index in [1.165, 1.54) is 50.3 Å². The predicted octanol–water partition coefficient (Wildman–Crippen LogP) is 3.45. The molecule has 2 aliphatic carbocycles. The van der Waals surface area contributed by atoms with Crippen molar-refractivity contribution >= 4 is 5.82 Å². The highest BCUT2D eigenvalue weighted by Crippen LogP contribution is 2.35. The normalized spacial score (nSPS) is 18.2. The Morgan fingerprint density at radius 3 is 2.38 bits per heavy atom. The quantitative estimate of drug-likeness (QED) is 0.754. The van der Waals surface area contributed by atoms with Crippen molar-refractivity contribution in [2.24, 2.45) is 17.8 Å². The number of hydrogen-bond donors (Lipinski definition) is 1. The monoisotopic (exact) mass is 287 g/mol. The molecule has 1 aromatic rings. The Balaban J connectivity index is 1.60. The Bertz CT molecular complexity index is 436. The molecule has 0 bridgehead atoms. The zero-order valence-corrected chi connectivity index (χ0v) is 13.5. The first-order chi connectivity index (χ1) is 10.2. The minimum absolute atomic E-state index is 0.689. The molecule has 1 aromatic heterocycles. The van der Waals surface area contributed by atoms with Crippen molar-refractivity contribution in [1.82, 2.24) is 10.3 Å². The summed E-state index contributed by atoms with van der Waals surface area (Å²) in [6, 6.07) is 6.50. The van der Waals surface area contributed by atoms with Crippen molar-refractivity contribution in [3.63, 3.8) is 0 Å². The summed E-state index contributed by atoms with van der Waals surface area (Å²) in [5.41, 5.74) is 1.17. The van der Waals surface area contributed by atoms with Gasteiger partial charge < -0.3 is 10.2 Å². The van der Waals surface area contributed by atoms with E-state index in [0.717, 1.165) is 24.9 Å². The summed E-state index contributed by atoms with van der Waals surface area (Å²) in [5.74, 6) is 3.73. The highest BCUT2D eigenvalue weighted by Gasteiger charge is 2.29. The molecule has 3 heteroatoms. The molecule has 0 radical (unpaired) electrons. The summed E-state index contributed by atoms with van der Waals surface area (Å²) < 4.78 is 0. The average Bonchev–Trinajstić information content (AvgIpc) is 3.33. The van der Waals surface area contributed by atoms with Crippen LogP contribution in [0.2, 0.25) is 0 Å². The van der Waals surface area contributed by atoms with Crippen molar-refractivity contribution in [2.75, 3.05) is 24.5 Å². The van der Waals surface area contributed by atoms with Gasteiger partial charge in [0, 0.05) is 19.6 Å². The zero-order chi connectivity index (χ0) is 14.7. The third-order valence-electron chi connectivity index (χ3n) is 4.33. The number of nitrogens with one attached hydrogen (secondary N) is 1. The molecule has 0 amide bonds. The molecule has 0 aromatic carbocycles. The average molecular weight is 287 g/mol. The highest BCUT2D eigenvalue weighted by molar-refractivity contribution is 5.40. The van der Waals surface area contributed by atoms with Gasteiger partial charge in [0.15, 0.2) is 0 Å². The standard InChI is InChI=1S/C18H29N3/c1-14(2)10-19-11-17-4-3-5-18(20-17)21(12-15-6-7-15)13-16-8-9-16/h3-5,14-16,19H,6-13H2,1-2H3. The lowest BCUT2D eigenvalue weighted by Gasteiger charge is -2.24. The van der Waals surface area contributed by atoms with Gasteiger partial charge in [-0.3, -0.25) is 0 Å². The molecular formula is C18H29N3. The second-order valence-corrected chi connectivity index (χ2v) is 7.30. The molecule has 1 N–H and O–H groups in total. The highest BCUT2D eigenvalue weighted by atomic mass is 15.2. The summed E-state index contributed by atoms with van der Waals surface area (Å²) in [5, 5.41) is 3.49. The molecule has 3 nitrogen and oxygen atoms in total. The van der Waals surface area contributed by atoms with Crippen molar-refractivity contribution < 1.29 is 0 Å². The van der Waals surface area contributed by atoms with Gasteiger partial charge >= 0.3 is 0 Å². The van der Waals surface area contributed by atoms with E-state index >= 15 is 0 Å². The second-order valence-electron chi connectivity index (χ2n) is 7.30. The minimum Gasteiger partial charge on any atom is -0.356 e. The van der Waals surface area contributed by atoms with Crippen molar-refractivity contribution in [3.8, 4) is 0 Å². The first kappa shape index (κ1) is 14.8. The molecule has 2 aliphatic rings. The molecule has 0 atom stereocenters. The Hall–Kier alpha value is -1.09. The maximum absolute atomic E-state index is 4.90. The van der Waals surface area contributed by atoms with E-state index in [0.29, 0.717) is 5.92 Å². The summed E-state index contributed by atoms with van der Waals surface area (Å²) >= 11 is 0. The van der Waals surface area contributed by atoms with Gasteiger partial charge in [-0.25, -0.2) is 4.98 Å². The van der Waals surface area contributed by atoms with Gasteiger partial charge in [0.05, 0.1) is 5.69 Å². The van der Waals surface area contributed by atoms with Crippen LogP contribution in [0.1, 0.15) is 45.2 Å². The van der Waals surface area contributed by atoms with Crippen LogP contribution >= 0.6 is 0 Å². The molecule has 116 valence electrons. The third kappa shape index (κ3) is 4.99. The van der Waals surface area contributed by atoms with E-state index in [1.807, 2.05) is 0 Å². The van der Waals surface area contributed by atoms with Gasteiger partial charge in [0.25, 0.3) is 0 Å². The fourth-order valence-corrected chi connectivity index (χ4v) is 2.72. The van der Waals surface area contributed by atoms with Crippen LogP contribution in [0.15, 0.2) is 18.2 Å². The van der Waals surface area contributed by atoms with Crippen LogP contribution in [-0.4, -0.2) is 24.6 Å². The molecule has 2 saturated carbocycles. The predicted molar refractivity (Wildman–Crippen MR) is 88.4 cm³/mol. The van der Waals surface area contributed by atoms with Crippen LogP contribution in [0, 0.1) is 17.8 Å². The minimum atomic E-state index is 0.689. The van der Waals surface area contributed by atoms with Crippen molar-refractivity contribution in [1.29, 1.82) is 0 Å². The lowest BCUT2D eigenvalue weighted by atomic mass is 10.2. The van der Waals surface area contributed by atoms with Gasteiger partial charge in [0.2, 0.25) is 0 Å². The van der Waals surface area contributed by atoms with Crippen LogP contribution in [-0.2, 0) is 6.54 Å². The van der Waals surface area contributed by atoms with Crippen LogP contribution in [0.4, 0.5) is 5.82 Å². The first-order valence-corrected chi connectivity index (χ1v) is 8.62. The molecule has 0 saturated heterocycles. The third-order valence-corrected chi connectivity index (χ3v) is 4.33. The molecule has 3 rings (SSSR count). The topological polar surface area (TPSA) is 28.2 Å². The molecule has 2 fully saturated rings. The maximum Gasteiger partial charge on any atom is 0.128 e. The Morgan fingerprint density at radius 1 is 1.14 bits per heavy atom. The number of rotatable bonds is 9. The van der Waals surface area contributed by atoms with E-state index in [-0.39, 0.29) is 0 Å². The van der Waals surface area contributed by atoms with E-state index < -0.39 is 0 Å². The number of anilines is 1. The molecule has 21 heavy (non-hydrogen) atoms. The lowest BCUT2D eigenvalue weighted by Crippen LogP contribution is -2.29. The second kappa shape index (κ2) is 6.78. The zero-order valence-electron chi connectivity index (χ0n) is 13.5. The number of aromatic nitrogens is 1. The van der Waals surface area contributed by atoms with Crippen molar-refractivity contribution in [3.05, 3.63) is 23.9 Å². The Labute approximate surface area is 129 Å². The summed E-state index contributed by atoms with van der Waals surface area (Å²) in [6.07, 6.45) is 5.65. The van der Waals surface area contributed by atoms with Crippen LogP contribution in [0.25, 0.3) is 0 Å². The number of hydrogen-bond acceptors (Lipinski definition) is 3. The lowest BCUT2D eigenvalue weighted by molar-refractivity contribution is 0.547. The van der Waals surface area contributed by atoms with Gasteiger partial charge in [-0.2, -0.15) is 0 Å². The van der Waals surface area contributed by atoms with E-state index in [2.05, 4.69) is 42.3 Å². The summed E-state index contributed by atoms with van der Waals surface area (Å²) in [7, 11) is 0. The first-order valence-electron chi connectivity index (χ1n) is 8.62. The van der Waals surface area contributed by atoms with Crippen LogP contribution < -0.4 is 10.2 Å². The van der Waals surface area contributed by atoms with Gasteiger partial charge in [-0.15, -0.1) is 0 Å². The Kier molecular flexibility index (Phi) is 4.79. The van der Waals surface area contributed by atoms with Crippen LogP contribution in [0.5, 0.6) is 0 Å². The number of pyridine rings is 1. The van der Waals surface area contributed by atoms with Crippen LogP contribution in [0.3, 0.4) is 0 Å². The molecule has 1 heterocycles. The SMILES string of the molecule is CC(C)CNCc1cccc(N(CC2CC2)CC2CC2)n1. The smallest absolute Gasteiger partial charge is 0.128 e. The summed E-state index contributed by atoms with van der Waals surface area (Å²) in [6.45, 7) is 8.85. The molecule has 0 spiro atoms. The fourth-order valence-electron chi connectivity index (χ4n) is 2.72. The number of nitrogens with zero attached hydrogens (tertiary/aromatic N) is 2. The molecule has 0 unspecified atom stereocenters. The van der Waals surface area contributed by atoms with Gasteiger partial charge in [-0.1, -0.05) is 19.9 Å². The molecular weight excluding hydrogens is 258 g/mol. The molecule has 0 aliphatic heterocycles. The maximum atomic E-state index is 4.90. The van der Waals surface area contributed by atoms with E-state index in [9.17, 15) is 0 Å². The van der Waals surface area contributed by atoms with Gasteiger partial charge in [0.1, 0.15) is 5.82 Å². The van der Waals surface area contributed by atoms with E-state index in [4.69, 9.17) is 4.98 Å². The largest absolute Gasteiger partial charge is 0.356 e. The fraction of sp³-hybridized carbons (Fsp3) is 0.722.